The highest BCUT2D eigenvalue weighted by Gasteiger charge is 2.33. The number of aryl methyl sites for hydroxylation is 1. The molecule has 8 nitrogen and oxygen atoms in total. The van der Waals surface area contributed by atoms with Gasteiger partial charge in [0.05, 0.1) is 41.1 Å². The summed E-state index contributed by atoms with van der Waals surface area (Å²) in [6, 6.07) is 20.6. The maximum atomic E-state index is 13.8. The summed E-state index contributed by atoms with van der Waals surface area (Å²) >= 11 is 1.24. The van der Waals surface area contributed by atoms with Crippen LogP contribution in [0.4, 0.5) is 0 Å². The van der Waals surface area contributed by atoms with Crippen molar-refractivity contribution in [1.29, 1.82) is 0 Å². The maximum absolute atomic E-state index is 13.8. The monoisotopic (exact) mass is 568 g/mol. The Labute approximate surface area is 240 Å². The summed E-state index contributed by atoms with van der Waals surface area (Å²) in [5.74, 6) is 0.0950. The van der Waals surface area contributed by atoms with Crippen molar-refractivity contribution in [3.8, 4) is 11.5 Å². The number of hydrogen-bond donors (Lipinski definition) is 0. The van der Waals surface area contributed by atoms with Crippen LogP contribution in [-0.4, -0.2) is 30.2 Å². The van der Waals surface area contributed by atoms with E-state index in [-0.39, 0.29) is 12.2 Å². The molecule has 1 unspecified atom stereocenters. The van der Waals surface area contributed by atoms with Crippen LogP contribution in [0.2, 0.25) is 0 Å². The van der Waals surface area contributed by atoms with Crippen molar-refractivity contribution >= 4 is 29.4 Å². The van der Waals surface area contributed by atoms with Crippen LogP contribution in [-0.2, 0) is 9.53 Å². The van der Waals surface area contributed by atoms with Gasteiger partial charge in [-0.15, -0.1) is 0 Å². The Morgan fingerprint density at radius 3 is 2.34 bits per heavy atom. The van der Waals surface area contributed by atoms with Gasteiger partial charge in [-0.05, 0) is 74.4 Å². The molecule has 0 bridgehead atoms. The van der Waals surface area contributed by atoms with Crippen molar-refractivity contribution in [2.75, 3.05) is 13.7 Å². The van der Waals surface area contributed by atoms with Crippen LogP contribution in [0.5, 0.6) is 11.5 Å². The van der Waals surface area contributed by atoms with Crippen molar-refractivity contribution < 1.29 is 23.8 Å². The number of hydrogen-bond acceptors (Lipinski definition) is 8. The van der Waals surface area contributed by atoms with E-state index < -0.39 is 18.0 Å². The first-order chi connectivity index (χ1) is 19.8. The average molecular weight is 569 g/mol. The third-order valence-corrected chi connectivity index (χ3v) is 7.57. The van der Waals surface area contributed by atoms with Crippen LogP contribution in [0.25, 0.3) is 6.08 Å². The number of thiazole rings is 1. The Hall–Kier alpha value is -4.76. The van der Waals surface area contributed by atoms with E-state index in [4.69, 9.17) is 14.2 Å². The van der Waals surface area contributed by atoms with Gasteiger partial charge in [-0.1, -0.05) is 53.3 Å². The van der Waals surface area contributed by atoms with Gasteiger partial charge < -0.3 is 14.2 Å². The number of rotatable bonds is 7. The van der Waals surface area contributed by atoms with E-state index in [1.165, 1.54) is 15.9 Å². The number of ether oxygens (including phenoxy) is 3. The summed E-state index contributed by atoms with van der Waals surface area (Å²) in [4.78, 5) is 44.4. The van der Waals surface area contributed by atoms with Crippen LogP contribution in [0.3, 0.4) is 0 Å². The van der Waals surface area contributed by atoms with Gasteiger partial charge in [0.1, 0.15) is 11.5 Å². The maximum Gasteiger partial charge on any atom is 0.343 e. The highest BCUT2D eigenvalue weighted by molar-refractivity contribution is 7.07. The standard InChI is InChI=1S/C32H28N2O6S/c1-5-39-31(37)27-20(3)33-32-34(28(27)22-11-15-24(38-4)16-12-22)29(35)26(41-32)18-21-9-13-25(14-10-21)40-30(36)23-8-6-7-19(2)17-23/h6-18,28H,5H2,1-4H3. The zero-order valence-corrected chi connectivity index (χ0v) is 23.9. The number of benzene rings is 3. The molecule has 1 aliphatic rings. The quantitative estimate of drug-likeness (QED) is 0.243. The lowest BCUT2D eigenvalue weighted by molar-refractivity contribution is -0.139. The highest BCUT2D eigenvalue weighted by Crippen LogP contribution is 2.31. The Morgan fingerprint density at radius 2 is 1.68 bits per heavy atom. The van der Waals surface area contributed by atoms with Crippen LogP contribution in [0.15, 0.2) is 93.9 Å². The second-order valence-electron chi connectivity index (χ2n) is 9.40. The second kappa shape index (κ2) is 11.8. The molecule has 41 heavy (non-hydrogen) atoms. The summed E-state index contributed by atoms with van der Waals surface area (Å²) in [6.45, 7) is 5.59. The molecule has 1 aromatic heterocycles. The molecule has 3 aromatic carbocycles. The minimum Gasteiger partial charge on any atom is -0.497 e. The van der Waals surface area contributed by atoms with E-state index in [1.807, 2.05) is 25.1 Å². The van der Waals surface area contributed by atoms with Gasteiger partial charge in [0.25, 0.3) is 5.56 Å². The number of fused-ring (bicyclic) bond motifs is 1. The first kappa shape index (κ1) is 27.8. The molecule has 0 N–H and O–H groups in total. The third-order valence-electron chi connectivity index (χ3n) is 6.59. The zero-order valence-electron chi connectivity index (χ0n) is 23.0. The van der Waals surface area contributed by atoms with Gasteiger partial charge >= 0.3 is 11.9 Å². The van der Waals surface area contributed by atoms with Crippen LogP contribution in [0.1, 0.15) is 46.9 Å². The van der Waals surface area contributed by atoms with Crippen LogP contribution < -0.4 is 24.4 Å². The number of allylic oxidation sites excluding steroid dienone is 1. The lowest BCUT2D eigenvalue weighted by Crippen LogP contribution is -2.39. The number of carbonyl (C=O) groups excluding carboxylic acids is 2. The smallest absolute Gasteiger partial charge is 0.343 e. The SMILES string of the molecule is CCOC(=O)C1=C(C)N=c2sc(=Cc3ccc(OC(=O)c4cccc(C)c4)cc3)c(=O)n2C1c1ccc(OC)cc1. The molecule has 2 heterocycles. The molecule has 1 atom stereocenters. The second-order valence-corrected chi connectivity index (χ2v) is 10.4. The number of methoxy groups -OCH3 is 1. The number of esters is 2. The summed E-state index contributed by atoms with van der Waals surface area (Å²) in [7, 11) is 1.58. The van der Waals surface area contributed by atoms with E-state index in [1.54, 1.807) is 81.6 Å². The van der Waals surface area contributed by atoms with Crippen molar-refractivity contribution in [2.45, 2.75) is 26.8 Å². The molecule has 0 amide bonds. The molecular weight excluding hydrogens is 540 g/mol. The molecule has 0 fully saturated rings. The van der Waals surface area contributed by atoms with Crippen molar-refractivity contribution in [1.82, 2.24) is 4.57 Å². The summed E-state index contributed by atoms with van der Waals surface area (Å²) in [5.41, 5.74) is 3.45. The first-order valence-electron chi connectivity index (χ1n) is 13.0. The third kappa shape index (κ3) is 5.76. The van der Waals surface area contributed by atoms with E-state index in [0.29, 0.717) is 37.7 Å². The minimum absolute atomic E-state index is 0.200. The topological polar surface area (TPSA) is 96.2 Å². The molecule has 0 aliphatic carbocycles. The Kier molecular flexibility index (Phi) is 7.98. The van der Waals surface area contributed by atoms with Crippen LogP contribution >= 0.6 is 11.3 Å². The Morgan fingerprint density at radius 1 is 0.976 bits per heavy atom. The number of aromatic nitrogens is 1. The van der Waals surface area contributed by atoms with E-state index in [9.17, 15) is 14.4 Å². The molecule has 0 radical (unpaired) electrons. The van der Waals surface area contributed by atoms with Gasteiger partial charge in [-0.2, -0.15) is 0 Å². The van der Waals surface area contributed by atoms with Gasteiger partial charge in [-0.3, -0.25) is 9.36 Å². The Balaban J connectivity index is 1.50. The fourth-order valence-corrected chi connectivity index (χ4v) is 5.66. The van der Waals surface area contributed by atoms with Gasteiger partial charge in [-0.25, -0.2) is 14.6 Å². The lowest BCUT2D eigenvalue weighted by Gasteiger charge is -2.24. The summed E-state index contributed by atoms with van der Waals surface area (Å²) in [6.07, 6.45) is 1.75. The Bertz CT molecular complexity index is 1830. The predicted molar refractivity (Wildman–Crippen MR) is 156 cm³/mol. The molecule has 1 aliphatic heterocycles. The van der Waals surface area contributed by atoms with Crippen molar-refractivity contribution in [3.05, 3.63) is 126 Å². The summed E-state index contributed by atoms with van der Waals surface area (Å²) in [5, 5.41) is 0. The average Bonchev–Trinajstić information content (AvgIpc) is 3.27. The van der Waals surface area contributed by atoms with Gasteiger partial charge in [0, 0.05) is 0 Å². The fourth-order valence-electron chi connectivity index (χ4n) is 4.61. The molecule has 0 saturated heterocycles. The number of carbonyl (C=O) groups is 2. The van der Waals surface area contributed by atoms with Gasteiger partial charge in [0.15, 0.2) is 4.80 Å². The van der Waals surface area contributed by atoms with Crippen LogP contribution in [0, 0.1) is 6.92 Å². The molecule has 5 rings (SSSR count). The summed E-state index contributed by atoms with van der Waals surface area (Å²) < 4.78 is 18.1. The van der Waals surface area contributed by atoms with E-state index >= 15 is 0 Å². The largest absolute Gasteiger partial charge is 0.497 e. The molecule has 4 aromatic rings. The van der Waals surface area contributed by atoms with E-state index in [0.717, 1.165) is 16.7 Å². The van der Waals surface area contributed by atoms with E-state index in [2.05, 4.69) is 4.99 Å². The molecular formula is C32H28N2O6S. The predicted octanol–water partition coefficient (Wildman–Crippen LogP) is 4.33. The fraction of sp³-hybridized carbons (Fsp3) is 0.188. The molecule has 9 heteroatoms. The number of nitrogens with zero attached hydrogens (tertiary/aromatic N) is 2. The first-order valence-corrected chi connectivity index (χ1v) is 13.8. The normalized spacial score (nSPS) is 14.7. The minimum atomic E-state index is -0.707. The molecule has 0 saturated carbocycles. The molecule has 0 spiro atoms. The zero-order chi connectivity index (χ0) is 29.1. The highest BCUT2D eigenvalue weighted by atomic mass is 32.1. The van der Waals surface area contributed by atoms with Crippen molar-refractivity contribution in [2.24, 2.45) is 4.99 Å². The van der Waals surface area contributed by atoms with Gasteiger partial charge in [0.2, 0.25) is 0 Å². The lowest BCUT2D eigenvalue weighted by atomic mass is 9.96. The molecule has 208 valence electrons. The van der Waals surface area contributed by atoms with Crippen molar-refractivity contribution in [3.63, 3.8) is 0 Å².